The minimum atomic E-state index is 0.600. The van der Waals surface area contributed by atoms with Gasteiger partial charge < -0.3 is 5.32 Å². The number of pyridine rings is 1. The first kappa shape index (κ1) is 13.3. The highest BCUT2D eigenvalue weighted by Gasteiger charge is 2.28. The fraction of sp³-hybridized carbons (Fsp3) is 0.667. The van der Waals surface area contributed by atoms with Gasteiger partial charge in [0.2, 0.25) is 0 Å². The monoisotopic (exact) mass is 279 g/mol. The van der Waals surface area contributed by atoms with Gasteiger partial charge in [-0.15, -0.1) is 0 Å². The summed E-state index contributed by atoms with van der Waals surface area (Å²) < 4.78 is 0. The highest BCUT2D eigenvalue weighted by atomic mass is 35.5. The standard InChI is InChI=1S/C15H22ClN3/c16-15-5-1-3-13(18-15)11-19-9-6-12(7-10-19)14-4-2-8-17-14/h1,3,5,12,14,17H,2,4,6-11H2. The molecular weight excluding hydrogens is 258 g/mol. The predicted molar refractivity (Wildman–Crippen MR) is 78.3 cm³/mol. The van der Waals surface area contributed by atoms with Crippen LogP contribution in [-0.4, -0.2) is 35.6 Å². The smallest absolute Gasteiger partial charge is 0.129 e. The molecule has 0 bridgehead atoms. The summed E-state index contributed by atoms with van der Waals surface area (Å²) in [5, 5.41) is 4.25. The van der Waals surface area contributed by atoms with E-state index in [0.29, 0.717) is 5.15 Å². The second kappa shape index (κ2) is 6.21. The maximum Gasteiger partial charge on any atom is 0.129 e. The molecule has 2 saturated heterocycles. The fourth-order valence-electron chi connectivity index (χ4n) is 3.39. The van der Waals surface area contributed by atoms with Crippen LogP contribution in [0.2, 0.25) is 5.15 Å². The molecule has 0 spiro atoms. The van der Waals surface area contributed by atoms with Crippen molar-refractivity contribution < 1.29 is 0 Å². The van der Waals surface area contributed by atoms with Crippen molar-refractivity contribution in [1.29, 1.82) is 0 Å². The molecule has 2 aliphatic heterocycles. The molecule has 104 valence electrons. The van der Waals surface area contributed by atoms with E-state index in [9.17, 15) is 0 Å². The van der Waals surface area contributed by atoms with E-state index < -0.39 is 0 Å². The topological polar surface area (TPSA) is 28.2 Å². The molecule has 2 fully saturated rings. The van der Waals surface area contributed by atoms with Gasteiger partial charge in [-0.05, 0) is 63.4 Å². The number of nitrogens with zero attached hydrogens (tertiary/aromatic N) is 2. The third-order valence-corrected chi connectivity index (χ3v) is 4.67. The molecule has 0 aliphatic carbocycles. The van der Waals surface area contributed by atoms with E-state index in [1.54, 1.807) is 0 Å². The summed E-state index contributed by atoms with van der Waals surface area (Å²) >= 11 is 5.93. The van der Waals surface area contributed by atoms with Crippen molar-refractivity contribution in [2.75, 3.05) is 19.6 Å². The molecule has 1 atom stereocenters. The van der Waals surface area contributed by atoms with Crippen LogP contribution in [0.4, 0.5) is 0 Å². The van der Waals surface area contributed by atoms with E-state index in [0.717, 1.165) is 24.2 Å². The first-order chi connectivity index (χ1) is 9.31. The Bertz CT molecular complexity index is 410. The van der Waals surface area contributed by atoms with E-state index in [4.69, 9.17) is 11.6 Å². The van der Waals surface area contributed by atoms with E-state index in [1.807, 2.05) is 12.1 Å². The van der Waals surface area contributed by atoms with Gasteiger partial charge in [-0.25, -0.2) is 4.98 Å². The van der Waals surface area contributed by atoms with E-state index in [1.165, 1.54) is 45.3 Å². The number of nitrogens with one attached hydrogen (secondary N) is 1. The van der Waals surface area contributed by atoms with Crippen molar-refractivity contribution in [3.05, 3.63) is 29.0 Å². The SMILES string of the molecule is Clc1cccc(CN2CCC(C3CCCN3)CC2)n1. The van der Waals surface area contributed by atoms with E-state index in [2.05, 4.69) is 21.3 Å². The van der Waals surface area contributed by atoms with Crippen LogP contribution in [0, 0.1) is 5.92 Å². The van der Waals surface area contributed by atoms with Crippen LogP contribution >= 0.6 is 11.6 Å². The molecule has 1 unspecified atom stereocenters. The summed E-state index contributed by atoms with van der Waals surface area (Å²) in [6.45, 7) is 4.54. The van der Waals surface area contributed by atoms with Crippen LogP contribution in [0.1, 0.15) is 31.4 Å². The van der Waals surface area contributed by atoms with Gasteiger partial charge in [-0.1, -0.05) is 17.7 Å². The Labute approximate surface area is 120 Å². The number of piperidine rings is 1. The molecule has 0 aromatic carbocycles. The lowest BCUT2D eigenvalue weighted by Crippen LogP contribution is -2.40. The Kier molecular flexibility index (Phi) is 4.36. The van der Waals surface area contributed by atoms with Crippen molar-refractivity contribution in [2.24, 2.45) is 5.92 Å². The van der Waals surface area contributed by atoms with Gasteiger partial charge in [0, 0.05) is 12.6 Å². The van der Waals surface area contributed by atoms with Gasteiger partial charge in [0.25, 0.3) is 0 Å². The predicted octanol–water partition coefficient (Wildman–Crippen LogP) is 2.70. The largest absolute Gasteiger partial charge is 0.314 e. The maximum absolute atomic E-state index is 5.93. The molecule has 1 aromatic rings. The molecule has 2 aliphatic rings. The summed E-state index contributed by atoms with van der Waals surface area (Å²) in [5.41, 5.74) is 1.09. The van der Waals surface area contributed by atoms with Gasteiger partial charge in [0.05, 0.1) is 5.69 Å². The number of rotatable bonds is 3. The number of hydrogen-bond donors (Lipinski definition) is 1. The Hall–Kier alpha value is -0.640. The molecule has 3 nitrogen and oxygen atoms in total. The molecule has 0 amide bonds. The molecule has 19 heavy (non-hydrogen) atoms. The minimum absolute atomic E-state index is 0.600. The number of hydrogen-bond acceptors (Lipinski definition) is 3. The second-order valence-electron chi connectivity index (χ2n) is 5.77. The van der Waals surface area contributed by atoms with Crippen LogP contribution < -0.4 is 5.32 Å². The lowest BCUT2D eigenvalue weighted by Gasteiger charge is -2.34. The Balaban J connectivity index is 1.50. The zero-order valence-corrected chi connectivity index (χ0v) is 12.1. The Morgan fingerprint density at radius 2 is 2.11 bits per heavy atom. The number of likely N-dealkylation sites (tertiary alicyclic amines) is 1. The summed E-state index contributed by atoms with van der Waals surface area (Å²) in [6, 6.07) is 6.67. The first-order valence-corrected chi connectivity index (χ1v) is 7.76. The average Bonchev–Trinajstić information content (AvgIpc) is 2.94. The van der Waals surface area contributed by atoms with Crippen molar-refractivity contribution >= 4 is 11.6 Å². The van der Waals surface area contributed by atoms with Crippen LogP contribution in [0.5, 0.6) is 0 Å². The molecule has 1 N–H and O–H groups in total. The highest BCUT2D eigenvalue weighted by Crippen LogP contribution is 2.26. The van der Waals surface area contributed by atoms with Gasteiger partial charge in [-0.2, -0.15) is 0 Å². The molecule has 0 saturated carbocycles. The van der Waals surface area contributed by atoms with Gasteiger partial charge >= 0.3 is 0 Å². The zero-order valence-electron chi connectivity index (χ0n) is 11.3. The summed E-state index contributed by atoms with van der Waals surface area (Å²) in [7, 11) is 0. The van der Waals surface area contributed by atoms with Crippen LogP contribution in [0.15, 0.2) is 18.2 Å². The Morgan fingerprint density at radius 3 is 2.79 bits per heavy atom. The summed E-state index contributed by atoms with van der Waals surface area (Å²) in [5.74, 6) is 0.881. The van der Waals surface area contributed by atoms with Gasteiger partial charge in [0.1, 0.15) is 5.15 Å². The van der Waals surface area contributed by atoms with Crippen molar-refractivity contribution in [1.82, 2.24) is 15.2 Å². The number of halogens is 1. The number of aromatic nitrogens is 1. The minimum Gasteiger partial charge on any atom is -0.314 e. The van der Waals surface area contributed by atoms with Crippen molar-refractivity contribution in [2.45, 2.75) is 38.3 Å². The summed E-state index contributed by atoms with van der Waals surface area (Å²) in [4.78, 5) is 6.88. The highest BCUT2D eigenvalue weighted by molar-refractivity contribution is 6.29. The third kappa shape index (κ3) is 3.47. The van der Waals surface area contributed by atoms with Gasteiger partial charge in [-0.3, -0.25) is 4.90 Å². The lowest BCUT2D eigenvalue weighted by molar-refractivity contribution is 0.156. The average molecular weight is 280 g/mol. The summed E-state index contributed by atoms with van der Waals surface area (Å²) in [6.07, 6.45) is 5.37. The quantitative estimate of drug-likeness (QED) is 0.863. The maximum atomic E-state index is 5.93. The zero-order chi connectivity index (χ0) is 13.1. The van der Waals surface area contributed by atoms with Crippen LogP contribution in [0.25, 0.3) is 0 Å². The van der Waals surface area contributed by atoms with Crippen molar-refractivity contribution in [3.8, 4) is 0 Å². The van der Waals surface area contributed by atoms with E-state index in [-0.39, 0.29) is 0 Å². The lowest BCUT2D eigenvalue weighted by atomic mass is 9.88. The van der Waals surface area contributed by atoms with Crippen LogP contribution in [-0.2, 0) is 6.54 Å². The van der Waals surface area contributed by atoms with E-state index >= 15 is 0 Å². The molecule has 1 aromatic heterocycles. The molecule has 3 heterocycles. The van der Waals surface area contributed by atoms with Gasteiger partial charge in [0.15, 0.2) is 0 Å². The molecular formula is C15H22ClN3. The Morgan fingerprint density at radius 1 is 1.26 bits per heavy atom. The van der Waals surface area contributed by atoms with Crippen LogP contribution in [0.3, 0.4) is 0 Å². The molecule has 0 radical (unpaired) electrons. The molecule has 3 rings (SSSR count). The van der Waals surface area contributed by atoms with Crippen molar-refractivity contribution in [3.63, 3.8) is 0 Å². The fourth-order valence-corrected chi connectivity index (χ4v) is 3.58. The third-order valence-electron chi connectivity index (χ3n) is 4.46. The first-order valence-electron chi connectivity index (χ1n) is 7.38. The molecule has 4 heteroatoms. The normalized spacial score (nSPS) is 25.8. The second-order valence-corrected chi connectivity index (χ2v) is 6.16.